The monoisotopic (exact) mass is 438 g/mol. The number of halogens is 2. The van der Waals surface area contributed by atoms with E-state index in [1.807, 2.05) is 6.92 Å². The standard InChI is InChI=1S/C19H12Cl2N8O/c1-10-16(26-27-19-25-17(28-29(10)19)15-3-2-8-30-15)14-6-7-22-18(24-14)23-11-4-5-12(20)13(21)9-11/h2-9H,1H3,(H,22,23,24). The third-order valence-electron chi connectivity index (χ3n) is 4.31. The molecule has 0 aliphatic heterocycles. The van der Waals surface area contributed by atoms with Crippen LogP contribution in [0.15, 0.2) is 53.3 Å². The van der Waals surface area contributed by atoms with Gasteiger partial charge in [0.15, 0.2) is 5.76 Å². The van der Waals surface area contributed by atoms with Gasteiger partial charge in [0.1, 0.15) is 5.69 Å². The summed E-state index contributed by atoms with van der Waals surface area (Å²) < 4.78 is 6.96. The van der Waals surface area contributed by atoms with Crippen LogP contribution in [0.3, 0.4) is 0 Å². The number of nitrogens with zero attached hydrogens (tertiary/aromatic N) is 7. The summed E-state index contributed by atoms with van der Waals surface area (Å²) in [6.07, 6.45) is 3.19. The Hall–Kier alpha value is -3.56. The fourth-order valence-corrected chi connectivity index (χ4v) is 3.16. The normalized spacial score (nSPS) is 11.2. The summed E-state index contributed by atoms with van der Waals surface area (Å²) in [5.74, 6) is 1.73. The summed E-state index contributed by atoms with van der Waals surface area (Å²) in [6.45, 7) is 1.87. The number of fused-ring (bicyclic) bond motifs is 1. The molecule has 11 heteroatoms. The lowest BCUT2D eigenvalue weighted by Gasteiger charge is -2.08. The van der Waals surface area contributed by atoms with E-state index in [4.69, 9.17) is 27.6 Å². The zero-order valence-corrected chi connectivity index (χ0v) is 16.9. The Morgan fingerprint density at radius 3 is 2.73 bits per heavy atom. The van der Waals surface area contributed by atoms with Gasteiger partial charge in [-0.05, 0) is 43.3 Å². The van der Waals surface area contributed by atoms with E-state index in [1.165, 1.54) is 0 Å². The van der Waals surface area contributed by atoms with Gasteiger partial charge in [-0.3, -0.25) is 0 Å². The number of hydrogen-bond donors (Lipinski definition) is 1. The van der Waals surface area contributed by atoms with Gasteiger partial charge >= 0.3 is 0 Å². The average Bonchev–Trinajstić information content (AvgIpc) is 3.41. The fourth-order valence-electron chi connectivity index (χ4n) is 2.86. The van der Waals surface area contributed by atoms with Crippen LogP contribution in [0, 0.1) is 6.92 Å². The van der Waals surface area contributed by atoms with Crippen LogP contribution in [-0.4, -0.2) is 34.8 Å². The van der Waals surface area contributed by atoms with Gasteiger partial charge in [-0.1, -0.05) is 23.2 Å². The first kappa shape index (κ1) is 18.5. The maximum absolute atomic E-state index is 6.07. The molecule has 1 N–H and O–H groups in total. The molecular formula is C19H12Cl2N8O. The van der Waals surface area contributed by atoms with Crippen molar-refractivity contribution >= 4 is 40.6 Å². The first-order chi connectivity index (χ1) is 14.6. The molecule has 0 aliphatic carbocycles. The largest absolute Gasteiger partial charge is 0.461 e. The first-order valence-corrected chi connectivity index (χ1v) is 9.53. The van der Waals surface area contributed by atoms with E-state index >= 15 is 0 Å². The highest BCUT2D eigenvalue weighted by Crippen LogP contribution is 2.27. The molecule has 0 saturated carbocycles. The number of rotatable bonds is 4. The second kappa shape index (κ2) is 7.36. The highest BCUT2D eigenvalue weighted by molar-refractivity contribution is 6.42. The molecular weight excluding hydrogens is 427 g/mol. The van der Waals surface area contributed by atoms with Crippen molar-refractivity contribution in [2.24, 2.45) is 0 Å². The predicted octanol–water partition coefficient (Wildman–Crippen LogP) is 4.60. The molecule has 0 saturated heterocycles. The Morgan fingerprint density at radius 2 is 1.93 bits per heavy atom. The number of benzene rings is 1. The highest BCUT2D eigenvalue weighted by Gasteiger charge is 2.16. The summed E-state index contributed by atoms with van der Waals surface area (Å²) in [4.78, 5) is 13.1. The molecule has 4 heterocycles. The molecule has 5 rings (SSSR count). The van der Waals surface area contributed by atoms with Crippen LogP contribution in [0.25, 0.3) is 28.8 Å². The number of anilines is 2. The Labute approximate surface area is 179 Å². The van der Waals surface area contributed by atoms with Crippen molar-refractivity contribution in [1.82, 2.24) is 34.8 Å². The van der Waals surface area contributed by atoms with E-state index in [0.29, 0.717) is 50.4 Å². The lowest BCUT2D eigenvalue weighted by molar-refractivity contribution is 0.577. The van der Waals surface area contributed by atoms with E-state index < -0.39 is 0 Å². The SMILES string of the molecule is Cc1c(-c2ccnc(Nc3ccc(Cl)c(Cl)c3)n2)nnc2nc(-c3ccco3)nn12. The minimum Gasteiger partial charge on any atom is -0.461 e. The van der Waals surface area contributed by atoms with Gasteiger partial charge in [0, 0.05) is 11.9 Å². The summed E-state index contributed by atoms with van der Waals surface area (Å²) in [5, 5.41) is 16.9. The zero-order chi connectivity index (χ0) is 20.7. The molecule has 0 radical (unpaired) electrons. The molecule has 30 heavy (non-hydrogen) atoms. The maximum Gasteiger partial charge on any atom is 0.272 e. The molecule has 0 fully saturated rings. The Bertz CT molecular complexity index is 1370. The Morgan fingerprint density at radius 1 is 1.03 bits per heavy atom. The molecule has 148 valence electrons. The Kier molecular flexibility index (Phi) is 4.53. The van der Waals surface area contributed by atoms with E-state index in [9.17, 15) is 0 Å². The van der Waals surface area contributed by atoms with Gasteiger partial charge in [-0.25, -0.2) is 9.97 Å². The van der Waals surface area contributed by atoms with Crippen molar-refractivity contribution < 1.29 is 4.42 Å². The predicted molar refractivity (Wildman–Crippen MR) is 112 cm³/mol. The average molecular weight is 439 g/mol. The van der Waals surface area contributed by atoms with Gasteiger partial charge in [0.2, 0.25) is 11.8 Å². The smallest absolute Gasteiger partial charge is 0.272 e. The Balaban J connectivity index is 1.51. The van der Waals surface area contributed by atoms with Gasteiger partial charge in [-0.2, -0.15) is 9.50 Å². The molecule has 0 aliphatic rings. The molecule has 5 aromatic rings. The van der Waals surface area contributed by atoms with E-state index in [1.54, 1.807) is 53.4 Å². The number of hydrogen-bond acceptors (Lipinski definition) is 8. The maximum atomic E-state index is 6.07. The summed E-state index contributed by atoms with van der Waals surface area (Å²) in [6, 6.07) is 10.5. The summed E-state index contributed by atoms with van der Waals surface area (Å²) in [5.41, 5.74) is 2.57. The minimum atomic E-state index is 0.367. The van der Waals surface area contributed by atoms with Crippen LogP contribution in [-0.2, 0) is 0 Å². The molecule has 4 aromatic heterocycles. The van der Waals surface area contributed by atoms with Gasteiger partial charge in [-0.15, -0.1) is 15.3 Å². The van der Waals surface area contributed by atoms with Crippen molar-refractivity contribution in [2.75, 3.05) is 5.32 Å². The lowest BCUT2D eigenvalue weighted by atomic mass is 10.2. The van der Waals surface area contributed by atoms with E-state index in [-0.39, 0.29) is 0 Å². The number of aryl methyl sites for hydroxylation is 1. The van der Waals surface area contributed by atoms with Crippen LogP contribution in [0.4, 0.5) is 11.6 Å². The molecule has 0 bridgehead atoms. The molecule has 0 spiro atoms. The van der Waals surface area contributed by atoms with Crippen molar-refractivity contribution in [1.29, 1.82) is 0 Å². The topological polar surface area (TPSA) is 107 Å². The minimum absolute atomic E-state index is 0.367. The van der Waals surface area contributed by atoms with Crippen molar-refractivity contribution in [3.8, 4) is 23.0 Å². The highest BCUT2D eigenvalue weighted by atomic mass is 35.5. The van der Waals surface area contributed by atoms with Crippen LogP contribution in [0.2, 0.25) is 10.0 Å². The fraction of sp³-hybridized carbons (Fsp3) is 0.0526. The van der Waals surface area contributed by atoms with Gasteiger partial charge in [0.25, 0.3) is 5.78 Å². The number of furan rings is 1. The van der Waals surface area contributed by atoms with Crippen molar-refractivity contribution in [3.05, 3.63) is 64.6 Å². The van der Waals surface area contributed by atoms with Crippen LogP contribution < -0.4 is 5.32 Å². The van der Waals surface area contributed by atoms with Gasteiger partial charge in [0.05, 0.1) is 27.7 Å². The van der Waals surface area contributed by atoms with Crippen molar-refractivity contribution in [2.45, 2.75) is 6.92 Å². The second-order valence-electron chi connectivity index (χ2n) is 6.28. The lowest BCUT2D eigenvalue weighted by Crippen LogP contribution is -2.05. The number of nitrogens with one attached hydrogen (secondary N) is 1. The van der Waals surface area contributed by atoms with Gasteiger partial charge < -0.3 is 9.73 Å². The van der Waals surface area contributed by atoms with Crippen LogP contribution in [0.1, 0.15) is 5.69 Å². The summed E-state index contributed by atoms with van der Waals surface area (Å²) >= 11 is 12.0. The second-order valence-corrected chi connectivity index (χ2v) is 7.09. The van der Waals surface area contributed by atoms with Crippen molar-refractivity contribution in [3.63, 3.8) is 0 Å². The number of aromatic nitrogens is 7. The third kappa shape index (κ3) is 3.34. The molecule has 0 atom stereocenters. The molecule has 0 unspecified atom stereocenters. The van der Waals surface area contributed by atoms with Crippen LogP contribution >= 0.6 is 23.2 Å². The van der Waals surface area contributed by atoms with E-state index in [2.05, 4.69) is 35.6 Å². The molecule has 0 amide bonds. The third-order valence-corrected chi connectivity index (χ3v) is 5.04. The summed E-state index contributed by atoms with van der Waals surface area (Å²) in [7, 11) is 0. The van der Waals surface area contributed by atoms with Crippen LogP contribution in [0.5, 0.6) is 0 Å². The van der Waals surface area contributed by atoms with E-state index in [0.717, 1.165) is 5.69 Å². The molecule has 1 aromatic carbocycles. The first-order valence-electron chi connectivity index (χ1n) is 8.78. The quantitative estimate of drug-likeness (QED) is 0.433. The molecule has 9 nitrogen and oxygen atoms in total. The zero-order valence-electron chi connectivity index (χ0n) is 15.4.